The minimum atomic E-state index is 0.204. The van der Waals surface area contributed by atoms with E-state index in [2.05, 4.69) is 62.5 Å². The highest BCUT2D eigenvalue weighted by atomic mass is 16.5. The fourth-order valence-corrected chi connectivity index (χ4v) is 2.35. The Labute approximate surface area is 121 Å². The van der Waals surface area contributed by atoms with E-state index in [0.29, 0.717) is 6.61 Å². The van der Waals surface area contributed by atoms with Crippen LogP contribution < -0.4 is 10.1 Å². The summed E-state index contributed by atoms with van der Waals surface area (Å²) in [6, 6.07) is 14.9. The molecule has 0 aliphatic rings. The van der Waals surface area contributed by atoms with Gasteiger partial charge in [-0.25, -0.2) is 0 Å². The van der Waals surface area contributed by atoms with Crippen LogP contribution in [0.25, 0.3) is 0 Å². The third-order valence-electron chi connectivity index (χ3n) is 3.82. The van der Waals surface area contributed by atoms with Crippen molar-refractivity contribution in [2.24, 2.45) is 0 Å². The molecule has 0 amide bonds. The third kappa shape index (κ3) is 3.20. The lowest BCUT2D eigenvalue weighted by atomic mass is 10.0. The van der Waals surface area contributed by atoms with E-state index in [1.807, 2.05) is 13.1 Å². The molecule has 0 saturated carbocycles. The summed E-state index contributed by atoms with van der Waals surface area (Å²) >= 11 is 0. The van der Waals surface area contributed by atoms with Crippen molar-refractivity contribution in [3.8, 4) is 5.75 Å². The van der Waals surface area contributed by atoms with Gasteiger partial charge < -0.3 is 10.1 Å². The molecule has 1 atom stereocenters. The second kappa shape index (κ2) is 6.58. The maximum absolute atomic E-state index is 6.09. The number of likely N-dealkylation sites (N-methyl/N-ethyl adjacent to an activating group) is 1. The van der Waals surface area contributed by atoms with Crippen LogP contribution in [-0.4, -0.2) is 13.7 Å². The molecule has 0 spiro atoms. The minimum Gasteiger partial charge on any atom is -0.491 e. The predicted octanol–water partition coefficient (Wildman–Crippen LogP) is 3.95. The van der Waals surface area contributed by atoms with Gasteiger partial charge in [-0.1, -0.05) is 42.5 Å². The molecule has 1 unspecified atom stereocenters. The molecule has 0 saturated heterocycles. The zero-order chi connectivity index (χ0) is 14.5. The second-order valence-corrected chi connectivity index (χ2v) is 5.22. The standard InChI is InChI=1S/C18H23NO/c1-13-10-11-14(2)18(15(13)3)20-12-17(19-4)16-8-6-5-7-9-16/h5-11,17,19H,12H2,1-4H3. The van der Waals surface area contributed by atoms with Gasteiger partial charge in [-0.2, -0.15) is 0 Å². The fraction of sp³-hybridized carbons (Fsp3) is 0.333. The molecular weight excluding hydrogens is 246 g/mol. The van der Waals surface area contributed by atoms with Crippen molar-refractivity contribution in [3.05, 3.63) is 64.7 Å². The van der Waals surface area contributed by atoms with Crippen LogP contribution in [-0.2, 0) is 0 Å². The smallest absolute Gasteiger partial charge is 0.125 e. The van der Waals surface area contributed by atoms with Gasteiger partial charge in [-0.05, 0) is 50.1 Å². The summed E-state index contributed by atoms with van der Waals surface area (Å²) in [5.41, 5.74) is 4.94. The van der Waals surface area contributed by atoms with Gasteiger partial charge in [0.15, 0.2) is 0 Å². The average Bonchev–Trinajstić information content (AvgIpc) is 2.48. The van der Waals surface area contributed by atoms with Gasteiger partial charge in [0.25, 0.3) is 0 Å². The largest absolute Gasteiger partial charge is 0.491 e. The van der Waals surface area contributed by atoms with Crippen molar-refractivity contribution in [1.82, 2.24) is 5.32 Å². The van der Waals surface area contributed by atoms with E-state index >= 15 is 0 Å². The number of aryl methyl sites for hydroxylation is 2. The van der Waals surface area contributed by atoms with E-state index < -0.39 is 0 Å². The SMILES string of the molecule is CNC(COc1c(C)ccc(C)c1C)c1ccccc1. The Hall–Kier alpha value is -1.80. The Kier molecular flexibility index (Phi) is 4.80. The Morgan fingerprint density at radius 3 is 2.25 bits per heavy atom. The van der Waals surface area contributed by atoms with Gasteiger partial charge in [0.2, 0.25) is 0 Å². The van der Waals surface area contributed by atoms with E-state index in [1.165, 1.54) is 22.3 Å². The van der Waals surface area contributed by atoms with Gasteiger partial charge in [-0.15, -0.1) is 0 Å². The molecule has 0 heterocycles. The number of hydrogen-bond acceptors (Lipinski definition) is 2. The van der Waals surface area contributed by atoms with E-state index in [-0.39, 0.29) is 6.04 Å². The number of benzene rings is 2. The topological polar surface area (TPSA) is 21.3 Å². The molecule has 0 aliphatic heterocycles. The Bertz CT molecular complexity index is 563. The number of hydrogen-bond donors (Lipinski definition) is 1. The second-order valence-electron chi connectivity index (χ2n) is 5.22. The van der Waals surface area contributed by atoms with Crippen LogP contribution in [0.2, 0.25) is 0 Å². The zero-order valence-electron chi connectivity index (χ0n) is 12.7. The fourth-order valence-electron chi connectivity index (χ4n) is 2.35. The lowest BCUT2D eigenvalue weighted by Gasteiger charge is -2.20. The lowest BCUT2D eigenvalue weighted by Crippen LogP contribution is -2.23. The Morgan fingerprint density at radius 2 is 1.60 bits per heavy atom. The van der Waals surface area contributed by atoms with Gasteiger partial charge in [0.1, 0.15) is 12.4 Å². The molecule has 2 aromatic carbocycles. The van der Waals surface area contributed by atoms with E-state index in [1.54, 1.807) is 0 Å². The lowest BCUT2D eigenvalue weighted by molar-refractivity contribution is 0.269. The van der Waals surface area contributed by atoms with Crippen molar-refractivity contribution < 1.29 is 4.74 Å². The first-order chi connectivity index (χ1) is 9.63. The summed E-state index contributed by atoms with van der Waals surface area (Å²) in [6.07, 6.45) is 0. The summed E-state index contributed by atoms with van der Waals surface area (Å²) in [6.45, 7) is 6.97. The first-order valence-corrected chi connectivity index (χ1v) is 7.05. The van der Waals surface area contributed by atoms with Crippen molar-refractivity contribution in [2.45, 2.75) is 26.8 Å². The summed E-state index contributed by atoms with van der Waals surface area (Å²) in [5.74, 6) is 1.01. The van der Waals surface area contributed by atoms with E-state index in [4.69, 9.17) is 4.74 Å². The molecule has 0 radical (unpaired) electrons. The molecule has 0 fully saturated rings. The Morgan fingerprint density at radius 1 is 0.950 bits per heavy atom. The van der Waals surface area contributed by atoms with Crippen LogP contribution in [0.1, 0.15) is 28.3 Å². The van der Waals surface area contributed by atoms with Gasteiger partial charge in [0.05, 0.1) is 6.04 Å². The molecule has 0 aromatic heterocycles. The quantitative estimate of drug-likeness (QED) is 0.887. The normalized spacial score (nSPS) is 12.2. The highest BCUT2D eigenvalue weighted by molar-refractivity contribution is 5.44. The maximum Gasteiger partial charge on any atom is 0.125 e. The average molecular weight is 269 g/mol. The molecule has 2 aromatic rings. The number of ether oxygens (including phenoxy) is 1. The molecule has 106 valence electrons. The van der Waals surface area contributed by atoms with Crippen molar-refractivity contribution in [2.75, 3.05) is 13.7 Å². The monoisotopic (exact) mass is 269 g/mol. The number of rotatable bonds is 5. The van der Waals surface area contributed by atoms with Crippen molar-refractivity contribution >= 4 is 0 Å². The van der Waals surface area contributed by atoms with Crippen LogP contribution >= 0.6 is 0 Å². The molecule has 2 nitrogen and oxygen atoms in total. The van der Waals surface area contributed by atoms with Crippen molar-refractivity contribution in [3.63, 3.8) is 0 Å². The van der Waals surface area contributed by atoms with E-state index in [0.717, 1.165) is 5.75 Å². The summed E-state index contributed by atoms with van der Waals surface area (Å²) < 4.78 is 6.09. The molecule has 2 heteroatoms. The van der Waals surface area contributed by atoms with E-state index in [9.17, 15) is 0 Å². The predicted molar refractivity (Wildman–Crippen MR) is 84.4 cm³/mol. The molecule has 0 bridgehead atoms. The van der Waals surface area contributed by atoms with Gasteiger partial charge in [0, 0.05) is 0 Å². The highest BCUT2D eigenvalue weighted by Crippen LogP contribution is 2.26. The Balaban J connectivity index is 2.14. The molecule has 20 heavy (non-hydrogen) atoms. The van der Waals surface area contributed by atoms with Crippen LogP contribution in [0.3, 0.4) is 0 Å². The van der Waals surface area contributed by atoms with Crippen LogP contribution in [0.15, 0.2) is 42.5 Å². The number of nitrogens with one attached hydrogen (secondary N) is 1. The molecule has 1 N–H and O–H groups in total. The first kappa shape index (κ1) is 14.6. The summed E-state index contributed by atoms with van der Waals surface area (Å²) in [5, 5.41) is 3.32. The van der Waals surface area contributed by atoms with Gasteiger partial charge >= 0.3 is 0 Å². The van der Waals surface area contributed by atoms with Crippen LogP contribution in [0, 0.1) is 20.8 Å². The zero-order valence-corrected chi connectivity index (χ0v) is 12.7. The molecule has 2 rings (SSSR count). The minimum absolute atomic E-state index is 0.204. The van der Waals surface area contributed by atoms with Gasteiger partial charge in [-0.3, -0.25) is 0 Å². The summed E-state index contributed by atoms with van der Waals surface area (Å²) in [7, 11) is 1.97. The van der Waals surface area contributed by atoms with Crippen molar-refractivity contribution in [1.29, 1.82) is 0 Å². The first-order valence-electron chi connectivity index (χ1n) is 7.05. The highest BCUT2D eigenvalue weighted by Gasteiger charge is 2.12. The third-order valence-corrected chi connectivity index (χ3v) is 3.82. The maximum atomic E-state index is 6.09. The molecular formula is C18H23NO. The molecule has 0 aliphatic carbocycles. The van der Waals surface area contributed by atoms with Crippen LogP contribution in [0.5, 0.6) is 5.75 Å². The van der Waals surface area contributed by atoms with Crippen LogP contribution in [0.4, 0.5) is 0 Å². The summed E-state index contributed by atoms with van der Waals surface area (Å²) in [4.78, 5) is 0.